The number of hydrogen-bond donors (Lipinski definition) is 0. The van der Waals surface area contributed by atoms with Crippen LogP contribution in [0.1, 0.15) is 35.2 Å². The van der Waals surface area contributed by atoms with Crippen LogP contribution in [0.3, 0.4) is 0 Å². The summed E-state index contributed by atoms with van der Waals surface area (Å²) in [6, 6.07) is 4.94. The lowest BCUT2D eigenvalue weighted by molar-refractivity contribution is -0.134. The molecule has 0 radical (unpaired) electrons. The van der Waals surface area contributed by atoms with Crippen molar-refractivity contribution in [2.45, 2.75) is 38.3 Å². The van der Waals surface area contributed by atoms with E-state index in [1.54, 1.807) is 35.8 Å². The Kier molecular flexibility index (Phi) is 5.23. The predicted molar refractivity (Wildman–Crippen MR) is 103 cm³/mol. The second-order valence-corrected chi connectivity index (χ2v) is 7.36. The van der Waals surface area contributed by atoms with Crippen molar-refractivity contribution in [3.05, 3.63) is 54.1 Å². The molecule has 0 aliphatic carbocycles. The van der Waals surface area contributed by atoms with Gasteiger partial charge in [-0.25, -0.2) is 0 Å². The molecule has 2 aliphatic heterocycles. The third-order valence-corrected chi connectivity index (χ3v) is 5.43. The second-order valence-electron chi connectivity index (χ2n) is 7.36. The van der Waals surface area contributed by atoms with Gasteiger partial charge in [0.15, 0.2) is 0 Å². The molecule has 0 bridgehead atoms. The van der Waals surface area contributed by atoms with Gasteiger partial charge in [-0.05, 0) is 43.5 Å². The van der Waals surface area contributed by atoms with Crippen molar-refractivity contribution in [1.82, 2.24) is 19.8 Å². The van der Waals surface area contributed by atoms with E-state index >= 15 is 0 Å². The summed E-state index contributed by atoms with van der Waals surface area (Å²) in [4.78, 5) is 38.1. The Morgan fingerprint density at radius 1 is 1.11 bits per heavy atom. The Balaban J connectivity index is 1.57. The molecule has 2 amide bonds. The number of pyridine rings is 2. The Hall–Kier alpha value is -2.96. The van der Waals surface area contributed by atoms with Gasteiger partial charge < -0.3 is 14.5 Å². The maximum Gasteiger partial charge on any atom is 0.256 e. The first-order valence-corrected chi connectivity index (χ1v) is 9.70. The third-order valence-electron chi connectivity index (χ3n) is 5.43. The van der Waals surface area contributed by atoms with E-state index in [2.05, 4.69) is 9.97 Å². The molecule has 4 rings (SSSR count). The summed E-state index contributed by atoms with van der Waals surface area (Å²) in [5.74, 6) is 0.497. The SMILES string of the molecule is Cc1ccncc1C(=O)N1C[C@@H](Oc2cccnc2)C[C@H]1C(=O)N1CCCC1. The van der Waals surface area contributed by atoms with Gasteiger partial charge in [0.1, 0.15) is 17.9 Å². The van der Waals surface area contributed by atoms with Crippen LogP contribution in [-0.4, -0.2) is 63.4 Å². The Morgan fingerprint density at radius 2 is 1.89 bits per heavy atom. The zero-order valence-corrected chi connectivity index (χ0v) is 16.0. The van der Waals surface area contributed by atoms with Crippen LogP contribution in [0.2, 0.25) is 0 Å². The predicted octanol–water partition coefficient (Wildman–Crippen LogP) is 2.07. The molecule has 2 aliphatic rings. The highest BCUT2D eigenvalue weighted by atomic mass is 16.5. The van der Waals surface area contributed by atoms with Crippen molar-refractivity contribution in [2.75, 3.05) is 19.6 Å². The molecule has 7 nitrogen and oxygen atoms in total. The molecule has 0 saturated carbocycles. The van der Waals surface area contributed by atoms with Crippen LogP contribution in [0, 0.1) is 6.92 Å². The molecule has 28 heavy (non-hydrogen) atoms. The van der Waals surface area contributed by atoms with Gasteiger partial charge >= 0.3 is 0 Å². The highest BCUT2D eigenvalue weighted by Crippen LogP contribution is 2.27. The van der Waals surface area contributed by atoms with Gasteiger partial charge in [0.05, 0.1) is 18.3 Å². The molecule has 146 valence electrons. The molecule has 2 saturated heterocycles. The second kappa shape index (κ2) is 7.96. The fourth-order valence-corrected chi connectivity index (χ4v) is 3.94. The molecule has 2 aromatic rings. The largest absolute Gasteiger partial charge is 0.487 e. The Morgan fingerprint density at radius 3 is 2.61 bits per heavy atom. The normalized spacial score (nSPS) is 21.8. The minimum atomic E-state index is -0.508. The van der Waals surface area contributed by atoms with E-state index in [-0.39, 0.29) is 17.9 Å². The van der Waals surface area contributed by atoms with E-state index in [1.807, 2.05) is 24.0 Å². The van der Waals surface area contributed by atoms with Crippen LogP contribution in [0.5, 0.6) is 5.75 Å². The first kappa shape index (κ1) is 18.4. The first-order chi connectivity index (χ1) is 13.6. The number of aromatic nitrogens is 2. The van der Waals surface area contributed by atoms with E-state index < -0.39 is 6.04 Å². The zero-order valence-electron chi connectivity index (χ0n) is 16.0. The number of hydrogen-bond acceptors (Lipinski definition) is 5. The molecule has 4 heterocycles. The number of nitrogens with zero attached hydrogens (tertiary/aromatic N) is 4. The van der Waals surface area contributed by atoms with Crippen LogP contribution in [0.15, 0.2) is 43.0 Å². The fourth-order valence-electron chi connectivity index (χ4n) is 3.94. The summed E-state index contributed by atoms with van der Waals surface area (Å²) in [7, 11) is 0. The van der Waals surface area contributed by atoms with Crippen LogP contribution in [-0.2, 0) is 4.79 Å². The molecule has 0 spiro atoms. The van der Waals surface area contributed by atoms with E-state index in [9.17, 15) is 9.59 Å². The number of carbonyl (C=O) groups excluding carboxylic acids is 2. The Bertz CT molecular complexity index is 852. The van der Waals surface area contributed by atoms with Crippen molar-refractivity contribution in [1.29, 1.82) is 0 Å². The number of ether oxygens (including phenoxy) is 1. The molecular formula is C21H24N4O3. The quantitative estimate of drug-likeness (QED) is 0.812. The van der Waals surface area contributed by atoms with E-state index in [0.29, 0.717) is 24.3 Å². The molecule has 7 heteroatoms. The van der Waals surface area contributed by atoms with Crippen molar-refractivity contribution in [3.63, 3.8) is 0 Å². The average molecular weight is 380 g/mol. The van der Waals surface area contributed by atoms with Crippen molar-refractivity contribution < 1.29 is 14.3 Å². The number of likely N-dealkylation sites (tertiary alicyclic amines) is 2. The summed E-state index contributed by atoms with van der Waals surface area (Å²) >= 11 is 0. The molecule has 2 aromatic heterocycles. The minimum absolute atomic E-state index is 0.0182. The van der Waals surface area contributed by atoms with Gasteiger partial charge in [-0.1, -0.05) is 0 Å². The lowest BCUT2D eigenvalue weighted by Gasteiger charge is -2.27. The van der Waals surface area contributed by atoms with Gasteiger partial charge in [-0.2, -0.15) is 0 Å². The molecule has 0 N–H and O–H groups in total. The number of amides is 2. The number of aryl methyl sites for hydroxylation is 1. The molecule has 2 fully saturated rings. The van der Waals surface area contributed by atoms with Gasteiger partial charge in [-0.15, -0.1) is 0 Å². The molecule has 2 atom stereocenters. The summed E-state index contributed by atoms with van der Waals surface area (Å²) in [5, 5.41) is 0. The highest BCUT2D eigenvalue weighted by molar-refractivity contribution is 5.98. The van der Waals surface area contributed by atoms with Crippen LogP contribution in [0.4, 0.5) is 0 Å². The topological polar surface area (TPSA) is 75.6 Å². The summed E-state index contributed by atoms with van der Waals surface area (Å²) in [5.41, 5.74) is 1.38. The van der Waals surface area contributed by atoms with E-state index in [0.717, 1.165) is 31.5 Å². The fraction of sp³-hybridized carbons (Fsp3) is 0.429. The van der Waals surface area contributed by atoms with Gasteiger partial charge in [-0.3, -0.25) is 19.6 Å². The number of rotatable bonds is 4. The standard InChI is InChI=1S/C21H24N4O3/c1-15-6-8-23-13-18(15)20(26)25-14-17(28-16-5-4-7-22-12-16)11-19(25)21(27)24-9-2-3-10-24/h4-8,12-13,17,19H,2-3,9-11,14H2,1H3/t17-,19-/m0/s1. The average Bonchev–Trinajstić information content (AvgIpc) is 3.38. The minimum Gasteiger partial charge on any atom is -0.487 e. The van der Waals surface area contributed by atoms with E-state index in [1.165, 1.54) is 0 Å². The smallest absolute Gasteiger partial charge is 0.256 e. The zero-order chi connectivity index (χ0) is 19.5. The lowest BCUT2D eigenvalue weighted by atomic mass is 10.1. The number of carbonyl (C=O) groups is 2. The monoisotopic (exact) mass is 380 g/mol. The lowest BCUT2D eigenvalue weighted by Crippen LogP contribution is -2.47. The van der Waals surface area contributed by atoms with Gasteiger partial charge in [0, 0.05) is 38.1 Å². The van der Waals surface area contributed by atoms with Crippen molar-refractivity contribution in [3.8, 4) is 5.75 Å². The summed E-state index contributed by atoms with van der Waals surface area (Å²) in [6.45, 7) is 3.77. The van der Waals surface area contributed by atoms with Crippen LogP contribution in [0.25, 0.3) is 0 Å². The molecule has 0 aromatic carbocycles. The third kappa shape index (κ3) is 3.69. The highest BCUT2D eigenvalue weighted by Gasteiger charge is 2.43. The first-order valence-electron chi connectivity index (χ1n) is 9.70. The van der Waals surface area contributed by atoms with Crippen molar-refractivity contribution >= 4 is 11.8 Å². The Labute approximate surface area is 164 Å². The van der Waals surface area contributed by atoms with Gasteiger partial charge in [0.25, 0.3) is 5.91 Å². The van der Waals surface area contributed by atoms with E-state index in [4.69, 9.17) is 4.74 Å². The summed E-state index contributed by atoms with van der Waals surface area (Å²) < 4.78 is 6.02. The van der Waals surface area contributed by atoms with Crippen LogP contribution < -0.4 is 4.74 Å². The van der Waals surface area contributed by atoms with Crippen LogP contribution >= 0.6 is 0 Å². The molecule has 0 unspecified atom stereocenters. The maximum atomic E-state index is 13.2. The van der Waals surface area contributed by atoms with Crippen molar-refractivity contribution in [2.24, 2.45) is 0 Å². The maximum absolute atomic E-state index is 13.2. The van der Waals surface area contributed by atoms with Gasteiger partial charge in [0.2, 0.25) is 5.91 Å². The molecular weight excluding hydrogens is 356 g/mol. The summed E-state index contributed by atoms with van der Waals surface area (Å²) in [6.07, 6.45) is 8.83.